The van der Waals surface area contributed by atoms with Gasteiger partial charge in [0, 0.05) is 25.3 Å². The molecule has 13 heteroatoms. The number of aromatic nitrogens is 5. The molecule has 0 aliphatic carbocycles. The van der Waals surface area contributed by atoms with Crippen molar-refractivity contribution >= 4 is 29.0 Å². The number of nitrogens with zero attached hydrogens (tertiary/aromatic N) is 3. The zero-order valence-electron chi connectivity index (χ0n) is 15.6. The number of halogens is 2. The minimum atomic E-state index is -0.821. The monoisotopic (exact) mass is 454 g/mol. The summed E-state index contributed by atoms with van der Waals surface area (Å²) in [4.78, 5) is 37.3. The van der Waals surface area contributed by atoms with Crippen LogP contribution in [-0.4, -0.2) is 38.7 Å². The summed E-state index contributed by atoms with van der Waals surface area (Å²) in [6, 6.07) is 4.17. The van der Waals surface area contributed by atoms with Gasteiger partial charge in [0.15, 0.2) is 5.75 Å². The maximum Gasteiger partial charge on any atom is 0.349 e. The number of methoxy groups -OCH3 is 1. The van der Waals surface area contributed by atoms with Crippen LogP contribution >= 0.6 is 23.2 Å². The van der Waals surface area contributed by atoms with Crippen molar-refractivity contribution in [2.24, 2.45) is 0 Å². The Balaban J connectivity index is 1.93. The number of benzene rings is 1. The fourth-order valence-corrected chi connectivity index (χ4v) is 3.08. The van der Waals surface area contributed by atoms with E-state index in [1.165, 1.54) is 18.2 Å². The third kappa shape index (κ3) is 4.70. The van der Waals surface area contributed by atoms with E-state index < -0.39 is 17.1 Å². The molecule has 0 saturated heterocycles. The molecular formula is C17H16Cl2N6O5. The first-order chi connectivity index (χ1) is 14.3. The van der Waals surface area contributed by atoms with Crippen LogP contribution in [-0.2, 0) is 11.2 Å². The van der Waals surface area contributed by atoms with E-state index in [1.54, 1.807) is 7.11 Å². The maximum atomic E-state index is 12.0. The number of rotatable bonds is 7. The number of nitrogens with one attached hydrogen (secondary N) is 2. The Labute approximate surface area is 178 Å². The zero-order chi connectivity index (χ0) is 21.8. The highest BCUT2D eigenvalue weighted by molar-refractivity contribution is 6.37. The molecule has 0 aliphatic heterocycles. The molecule has 0 unspecified atom stereocenters. The van der Waals surface area contributed by atoms with Gasteiger partial charge in [-0.05, 0) is 25.0 Å². The number of nitrogens with two attached hydrogens (primary N) is 1. The van der Waals surface area contributed by atoms with Crippen LogP contribution in [0.1, 0.15) is 12.0 Å². The largest absolute Gasteiger partial charge is 0.434 e. The van der Waals surface area contributed by atoms with Gasteiger partial charge in [0.2, 0.25) is 11.7 Å². The van der Waals surface area contributed by atoms with Crippen molar-refractivity contribution in [2.75, 3.05) is 19.5 Å². The molecule has 1 aromatic carbocycles. The van der Waals surface area contributed by atoms with Gasteiger partial charge in [-0.1, -0.05) is 23.2 Å². The van der Waals surface area contributed by atoms with E-state index in [9.17, 15) is 14.4 Å². The van der Waals surface area contributed by atoms with Crippen molar-refractivity contribution < 1.29 is 9.47 Å². The maximum absolute atomic E-state index is 12.0. The molecule has 0 spiro atoms. The van der Waals surface area contributed by atoms with E-state index in [2.05, 4.69) is 15.3 Å². The lowest BCUT2D eigenvalue weighted by atomic mass is 10.2. The first-order valence-electron chi connectivity index (χ1n) is 8.54. The molecule has 4 N–H and O–H groups in total. The van der Waals surface area contributed by atoms with Gasteiger partial charge in [-0.15, -0.1) is 10.2 Å². The van der Waals surface area contributed by atoms with Crippen LogP contribution in [0.5, 0.6) is 11.6 Å². The summed E-state index contributed by atoms with van der Waals surface area (Å²) in [5.41, 5.74) is 4.10. The average Bonchev–Trinajstić information content (AvgIpc) is 2.69. The highest BCUT2D eigenvalue weighted by Gasteiger charge is 2.16. The third-order valence-electron chi connectivity index (χ3n) is 3.94. The van der Waals surface area contributed by atoms with Crippen molar-refractivity contribution in [3.63, 3.8) is 0 Å². The highest BCUT2D eigenvalue weighted by Crippen LogP contribution is 2.37. The third-order valence-corrected chi connectivity index (χ3v) is 4.50. The van der Waals surface area contributed by atoms with Gasteiger partial charge in [-0.3, -0.25) is 14.6 Å². The number of aryl methyl sites for hydroxylation is 1. The van der Waals surface area contributed by atoms with Gasteiger partial charge >= 0.3 is 5.69 Å². The molecule has 2 heterocycles. The second-order valence-corrected chi connectivity index (χ2v) is 6.87. The quantitative estimate of drug-likeness (QED) is 0.450. The van der Waals surface area contributed by atoms with E-state index in [4.69, 9.17) is 38.4 Å². The fraction of sp³-hybridized carbons (Fsp3) is 0.235. The summed E-state index contributed by atoms with van der Waals surface area (Å²) >= 11 is 12.5. The minimum Gasteiger partial charge on any atom is -0.434 e. The predicted molar refractivity (Wildman–Crippen MR) is 110 cm³/mol. The predicted octanol–water partition coefficient (Wildman–Crippen LogP) is 1.26. The number of hydrogen-bond donors (Lipinski definition) is 3. The molecule has 158 valence electrons. The Bertz CT molecular complexity index is 1230. The minimum absolute atomic E-state index is 0.0323. The molecular weight excluding hydrogens is 439 g/mol. The first-order valence-corrected chi connectivity index (χ1v) is 9.29. The molecule has 11 nitrogen and oxygen atoms in total. The van der Waals surface area contributed by atoms with Gasteiger partial charge in [-0.25, -0.2) is 9.89 Å². The van der Waals surface area contributed by atoms with Crippen molar-refractivity contribution in [3.8, 4) is 17.3 Å². The van der Waals surface area contributed by atoms with Crippen LogP contribution in [0, 0.1) is 0 Å². The van der Waals surface area contributed by atoms with E-state index in [1.807, 2.05) is 4.98 Å². The first kappa shape index (κ1) is 21.6. The molecule has 0 aliphatic rings. The normalized spacial score (nSPS) is 10.9. The summed E-state index contributed by atoms with van der Waals surface area (Å²) in [6.07, 6.45) is 1.11. The lowest BCUT2D eigenvalue weighted by Gasteiger charge is -2.12. The van der Waals surface area contributed by atoms with Crippen LogP contribution in [0.2, 0.25) is 10.0 Å². The summed E-state index contributed by atoms with van der Waals surface area (Å²) in [6.45, 7) is 0.500. The standard InChI is InChI=1S/C17H16Cl2N6O5/c1-29-4-2-3-8-5-12(22-23-15(8)26)30-13-10(18)6-9(7-11(13)19)25-17(28)21-16(27)14(20)24-25/h5-7H,2-4H2,1H3,(H2,20,24)(H,23,26)(H,21,27,28). The summed E-state index contributed by atoms with van der Waals surface area (Å²) in [5, 5.41) is 9.96. The molecule has 2 aromatic heterocycles. The van der Waals surface area contributed by atoms with Crippen LogP contribution < -0.4 is 27.3 Å². The molecule has 0 saturated carbocycles. The number of hydrogen-bond acceptors (Lipinski definition) is 8. The van der Waals surface area contributed by atoms with Gasteiger partial charge in [0.05, 0.1) is 15.7 Å². The Morgan fingerprint density at radius 2 is 1.83 bits per heavy atom. The van der Waals surface area contributed by atoms with Crippen molar-refractivity contribution in [2.45, 2.75) is 12.8 Å². The fourth-order valence-electron chi connectivity index (χ4n) is 2.53. The molecule has 0 fully saturated rings. The van der Waals surface area contributed by atoms with Crippen molar-refractivity contribution in [3.05, 3.63) is 65.0 Å². The van der Waals surface area contributed by atoms with E-state index >= 15 is 0 Å². The van der Waals surface area contributed by atoms with Gasteiger partial charge in [0.1, 0.15) is 0 Å². The summed E-state index contributed by atoms with van der Waals surface area (Å²) in [5.74, 6) is -0.280. The van der Waals surface area contributed by atoms with E-state index in [0.717, 1.165) is 4.68 Å². The van der Waals surface area contributed by atoms with Crippen molar-refractivity contribution in [1.29, 1.82) is 0 Å². The molecule has 0 bridgehead atoms. The SMILES string of the molecule is COCCCc1cc(Oc2c(Cl)cc(-n3nc(N)c(=O)[nH]c3=O)cc2Cl)n[nH]c1=O. The Hall–Kier alpha value is -3.15. The van der Waals surface area contributed by atoms with E-state index in [0.29, 0.717) is 25.0 Å². The number of nitrogen functional groups attached to an aromatic ring is 1. The van der Waals surface area contributed by atoms with Crippen LogP contribution in [0.15, 0.2) is 32.6 Å². The second-order valence-electron chi connectivity index (χ2n) is 6.05. The Morgan fingerprint density at radius 1 is 1.13 bits per heavy atom. The number of anilines is 1. The topological polar surface area (TPSA) is 158 Å². The summed E-state index contributed by atoms with van der Waals surface area (Å²) in [7, 11) is 1.57. The van der Waals surface area contributed by atoms with Crippen LogP contribution in [0.4, 0.5) is 5.82 Å². The number of H-pyrrole nitrogens is 2. The Morgan fingerprint density at radius 3 is 2.50 bits per heavy atom. The molecule has 3 aromatic rings. The second kappa shape index (κ2) is 9.11. The van der Waals surface area contributed by atoms with Crippen LogP contribution in [0.3, 0.4) is 0 Å². The van der Waals surface area contributed by atoms with Gasteiger partial charge in [0.25, 0.3) is 11.1 Å². The van der Waals surface area contributed by atoms with E-state index in [-0.39, 0.29) is 32.9 Å². The lowest BCUT2D eigenvalue weighted by Crippen LogP contribution is -2.33. The molecule has 0 radical (unpaired) electrons. The van der Waals surface area contributed by atoms with Gasteiger partial charge < -0.3 is 15.2 Å². The Kier molecular flexibility index (Phi) is 6.55. The molecule has 30 heavy (non-hydrogen) atoms. The molecule has 0 atom stereocenters. The average molecular weight is 455 g/mol. The zero-order valence-corrected chi connectivity index (χ0v) is 17.1. The molecule has 0 amide bonds. The van der Waals surface area contributed by atoms with Crippen molar-refractivity contribution in [1.82, 2.24) is 25.0 Å². The number of aromatic amines is 2. The molecule has 3 rings (SSSR count). The smallest absolute Gasteiger partial charge is 0.349 e. The van der Waals surface area contributed by atoms with Crippen LogP contribution in [0.25, 0.3) is 5.69 Å². The number of ether oxygens (including phenoxy) is 2. The van der Waals surface area contributed by atoms with Gasteiger partial charge in [-0.2, -0.15) is 4.68 Å². The summed E-state index contributed by atoms with van der Waals surface area (Å²) < 4.78 is 11.5. The lowest BCUT2D eigenvalue weighted by molar-refractivity contribution is 0.195. The highest BCUT2D eigenvalue weighted by atomic mass is 35.5.